The van der Waals surface area contributed by atoms with Crippen molar-refractivity contribution in [3.63, 3.8) is 0 Å². The van der Waals surface area contributed by atoms with Crippen LogP contribution in [0.3, 0.4) is 0 Å². The van der Waals surface area contributed by atoms with Crippen LogP contribution < -0.4 is 10.1 Å². The van der Waals surface area contributed by atoms with E-state index in [1.807, 2.05) is 19.1 Å². The minimum Gasteiger partial charge on any atom is -0.495 e. The van der Waals surface area contributed by atoms with Crippen LogP contribution in [0.4, 0.5) is 5.69 Å². The molecule has 1 heterocycles. The fourth-order valence-corrected chi connectivity index (χ4v) is 2.59. The largest absolute Gasteiger partial charge is 0.495 e. The maximum Gasteiger partial charge on any atom is 0.320 e. The highest BCUT2D eigenvalue weighted by Gasteiger charge is 2.31. The van der Waals surface area contributed by atoms with Gasteiger partial charge in [0.2, 0.25) is 5.91 Å². The van der Waals surface area contributed by atoms with Crippen LogP contribution >= 0.6 is 12.4 Å². The molecule has 0 spiro atoms. The molecule has 6 nitrogen and oxygen atoms in total. The molecule has 122 valence electrons. The number of methoxy groups -OCH3 is 1. The minimum absolute atomic E-state index is 0. The van der Waals surface area contributed by atoms with Crippen LogP contribution in [0, 0.1) is 6.92 Å². The highest BCUT2D eigenvalue weighted by atomic mass is 35.5. The molecule has 1 amide bonds. The van der Waals surface area contributed by atoms with Gasteiger partial charge in [0.25, 0.3) is 0 Å². The Hall–Kier alpha value is -1.79. The number of amides is 1. The van der Waals surface area contributed by atoms with Crippen molar-refractivity contribution in [3.05, 3.63) is 23.8 Å². The topological polar surface area (TPSA) is 78.9 Å². The summed E-state index contributed by atoms with van der Waals surface area (Å²) in [7, 11) is 1.54. The second-order valence-corrected chi connectivity index (χ2v) is 5.22. The Bertz CT molecular complexity index is 550. The summed E-state index contributed by atoms with van der Waals surface area (Å²) in [6.45, 7) is 2.64. The molecule has 1 aliphatic heterocycles. The van der Waals surface area contributed by atoms with E-state index in [-0.39, 0.29) is 24.9 Å². The van der Waals surface area contributed by atoms with Gasteiger partial charge in [-0.25, -0.2) is 0 Å². The number of nitrogens with one attached hydrogen (secondary N) is 1. The molecular formula is C15H21ClN2O4. The SMILES string of the molecule is COc1ccc(C)cc1NC(=O)CN1CCC[C@H]1C(=O)O.Cl. The van der Waals surface area contributed by atoms with E-state index in [0.29, 0.717) is 24.4 Å². The number of anilines is 1. The van der Waals surface area contributed by atoms with E-state index in [1.165, 1.54) is 0 Å². The molecule has 1 atom stereocenters. The van der Waals surface area contributed by atoms with Crippen LogP contribution in [-0.2, 0) is 9.59 Å². The number of hydrogen-bond acceptors (Lipinski definition) is 4. The molecule has 1 aromatic carbocycles. The van der Waals surface area contributed by atoms with Crippen molar-refractivity contribution < 1.29 is 19.4 Å². The van der Waals surface area contributed by atoms with Crippen molar-refractivity contribution in [1.29, 1.82) is 0 Å². The summed E-state index contributed by atoms with van der Waals surface area (Å²) >= 11 is 0. The van der Waals surface area contributed by atoms with Crippen molar-refractivity contribution >= 4 is 30.0 Å². The lowest BCUT2D eigenvalue weighted by Gasteiger charge is -2.20. The lowest BCUT2D eigenvalue weighted by molar-refractivity contribution is -0.142. The fraction of sp³-hybridized carbons (Fsp3) is 0.467. The molecule has 1 aromatic rings. The molecule has 2 N–H and O–H groups in total. The van der Waals surface area contributed by atoms with Crippen LogP contribution in [0.15, 0.2) is 18.2 Å². The van der Waals surface area contributed by atoms with E-state index in [2.05, 4.69) is 5.32 Å². The van der Waals surface area contributed by atoms with Crippen LogP contribution in [0.1, 0.15) is 18.4 Å². The minimum atomic E-state index is -0.867. The van der Waals surface area contributed by atoms with Gasteiger partial charge < -0.3 is 15.2 Å². The van der Waals surface area contributed by atoms with Gasteiger partial charge in [-0.15, -0.1) is 12.4 Å². The number of benzene rings is 1. The zero-order valence-electron chi connectivity index (χ0n) is 12.7. The van der Waals surface area contributed by atoms with E-state index >= 15 is 0 Å². The number of carbonyl (C=O) groups excluding carboxylic acids is 1. The van der Waals surface area contributed by atoms with Gasteiger partial charge in [0, 0.05) is 0 Å². The van der Waals surface area contributed by atoms with Gasteiger partial charge in [-0.3, -0.25) is 14.5 Å². The first kappa shape index (κ1) is 18.3. The quantitative estimate of drug-likeness (QED) is 0.863. The standard InChI is InChI=1S/C15H20N2O4.ClH/c1-10-5-6-13(21-2)11(8-10)16-14(18)9-17-7-3-4-12(17)15(19)20;/h5-6,8,12H,3-4,7,9H2,1-2H3,(H,16,18)(H,19,20);1H/t12-;/m0./s1. The highest BCUT2D eigenvalue weighted by Crippen LogP contribution is 2.25. The van der Waals surface area contributed by atoms with E-state index in [4.69, 9.17) is 9.84 Å². The van der Waals surface area contributed by atoms with Crippen LogP contribution in [0.25, 0.3) is 0 Å². The number of halogens is 1. The van der Waals surface area contributed by atoms with Crippen LogP contribution in [0.5, 0.6) is 5.75 Å². The Kier molecular flexibility index (Phi) is 6.64. The molecule has 0 unspecified atom stereocenters. The van der Waals surface area contributed by atoms with E-state index in [0.717, 1.165) is 12.0 Å². The zero-order valence-corrected chi connectivity index (χ0v) is 13.5. The number of carboxylic acids is 1. The molecule has 0 aromatic heterocycles. The smallest absolute Gasteiger partial charge is 0.320 e. The average molecular weight is 329 g/mol. The van der Waals surface area contributed by atoms with Crippen LogP contribution in [0.2, 0.25) is 0 Å². The lowest BCUT2D eigenvalue weighted by atomic mass is 10.2. The summed E-state index contributed by atoms with van der Waals surface area (Å²) < 4.78 is 5.21. The highest BCUT2D eigenvalue weighted by molar-refractivity contribution is 5.94. The van der Waals surface area contributed by atoms with Crippen LogP contribution in [-0.4, -0.2) is 48.1 Å². The van der Waals surface area contributed by atoms with Crippen molar-refractivity contribution in [2.75, 3.05) is 25.5 Å². The average Bonchev–Trinajstić information content (AvgIpc) is 2.87. The maximum atomic E-state index is 12.1. The Morgan fingerprint density at radius 2 is 2.18 bits per heavy atom. The Balaban J connectivity index is 0.00000242. The van der Waals surface area contributed by atoms with Gasteiger partial charge in [0.05, 0.1) is 19.3 Å². The fourth-order valence-electron chi connectivity index (χ4n) is 2.59. The number of aliphatic carboxylic acids is 1. The molecule has 1 fully saturated rings. The second-order valence-electron chi connectivity index (χ2n) is 5.22. The Morgan fingerprint density at radius 3 is 2.82 bits per heavy atom. The number of nitrogens with zero attached hydrogens (tertiary/aromatic N) is 1. The predicted octanol–water partition coefficient (Wildman–Crippen LogP) is 1.91. The van der Waals surface area contributed by atoms with Crippen molar-refractivity contribution in [2.45, 2.75) is 25.8 Å². The number of rotatable bonds is 5. The number of carboxylic acid groups (broad SMARTS) is 1. The van der Waals surface area contributed by atoms with Crippen molar-refractivity contribution in [3.8, 4) is 5.75 Å². The number of aryl methyl sites for hydroxylation is 1. The monoisotopic (exact) mass is 328 g/mol. The summed E-state index contributed by atoms with van der Waals surface area (Å²) in [5.41, 5.74) is 1.62. The Morgan fingerprint density at radius 1 is 1.45 bits per heavy atom. The molecule has 0 radical (unpaired) electrons. The van der Waals surface area contributed by atoms with Crippen molar-refractivity contribution in [2.24, 2.45) is 0 Å². The molecule has 0 aliphatic carbocycles. The number of carbonyl (C=O) groups is 2. The molecule has 0 saturated carbocycles. The zero-order chi connectivity index (χ0) is 15.4. The van der Waals surface area contributed by atoms with Gasteiger partial charge in [0.1, 0.15) is 11.8 Å². The molecular weight excluding hydrogens is 308 g/mol. The first-order valence-corrected chi connectivity index (χ1v) is 6.92. The molecule has 0 bridgehead atoms. The van der Waals surface area contributed by atoms with Gasteiger partial charge in [0.15, 0.2) is 0 Å². The third-order valence-electron chi connectivity index (χ3n) is 3.62. The summed E-state index contributed by atoms with van der Waals surface area (Å²) in [6, 6.07) is 4.96. The first-order chi connectivity index (χ1) is 10.0. The van der Waals surface area contributed by atoms with Gasteiger partial charge in [-0.1, -0.05) is 6.07 Å². The summed E-state index contributed by atoms with van der Waals surface area (Å²) in [6.07, 6.45) is 1.40. The third kappa shape index (κ3) is 4.35. The maximum absolute atomic E-state index is 12.1. The lowest BCUT2D eigenvalue weighted by Crippen LogP contribution is -2.40. The summed E-state index contributed by atoms with van der Waals surface area (Å²) in [5, 5.41) is 11.9. The molecule has 7 heteroatoms. The van der Waals surface area contributed by atoms with Crippen molar-refractivity contribution in [1.82, 2.24) is 4.90 Å². The molecule has 2 rings (SSSR count). The van der Waals surface area contributed by atoms with Gasteiger partial charge >= 0.3 is 5.97 Å². The number of hydrogen-bond donors (Lipinski definition) is 2. The normalized spacial score (nSPS) is 17.6. The third-order valence-corrected chi connectivity index (χ3v) is 3.62. The number of ether oxygens (including phenoxy) is 1. The predicted molar refractivity (Wildman–Crippen MR) is 85.8 cm³/mol. The van der Waals surface area contributed by atoms with E-state index < -0.39 is 12.0 Å². The van der Waals surface area contributed by atoms with Gasteiger partial charge in [-0.05, 0) is 44.0 Å². The summed E-state index contributed by atoms with van der Waals surface area (Å²) in [4.78, 5) is 24.9. The first-order valence-electron chi connectivity index (χ1n) is 6.92. The van der Waals surface area contributed by atoms with E-state index in [9.17, 15) is 9.59 Å². The van der Waals surface area contributed by atoms with Gasteiger partial charge in [-0.2, -0.15) is 0 Å². The Labute approximate surface area is 135 Å². The number of likely N-dealkylation sites (tertiary alicyclic amines) is 1. The summed E-state index contributed by atoms with van der Waals surface area (Å²) in [5.74, 6) is -0.509. The second kappa shape index (κ2) is 8.00. The van der Waals surface area contributed by atoms with E-state index in [1.54, 1.807) is 18.1 Å². The molecule has 1 saturated heterocycles. The molecule has 22 heavy (non-hydrogen) atoms. The molecule has 1 aliphatic rings.